The Hall–Kier alpha value is -3.08. The van der Waals surface area contributed by atoms with Gasteiger partial charge >= 0.3 is 0 Å². The Morgan fingerprint density at radius 3 is 2.54 bits per heavy atom. The van der Waals surface area contributed by atoms with Crippen molar-refractivity contribution in [2.75, 3.05) is 19.6 Å². The van der Waals surface area contributed by atoms with E-state index in [0.717, 1.165) is 65.8 Å². The number of hydrogen-bond acceptors (Lipinski definition) is 6. The summed E-state index contributed by atoms with van der Waals surface area (Å²) in [6.45, 7) is 6.96. The van der Waals surface area contributed by atoms with Crippen LogP contribution in [0.2, 0.25) is 0 Å². The maximum absolute atomic E-state index is 16.0. The van der Waals surface area contributed by atoms with Crippen LogP contribution in [0, 0.1) is 24.4 Å². The zero-order chi connectivity index (χ0) is 27.7. The first kappa shape index (κ1) is 27.5. The monoisotopic (exact) mass is 571 g/mol. The third kappa shape index (κ3) is 5.78. The summed E-state index contributed by atoms with van der Waals surface area (Å²) in [6, 6.07) is 10.5. The molecule has 0 bridgehead atoms. The summed E-state index contributed by atoms with van der Waals surface area (Å²) in [5, 5.41) is 0.921. The van der Waals surface area contributed by atoms with Crippen molar-refractivity contribution in [3.63, 3.8) is 0 Å². The molecule has 39 heavy (non-hydrogen) atoms. The average molecular weight is 572 g/mol. The molecule has 5 rings (SSSR count). The summed E-state index contributed by atoms with van der Waals surface area (Å²) in [4.78, 5) is 11.6. The smallest absolute Gasteiger partial charge is 0.185 e. The SMILES string of the molecule is CCN1CCC(c2nc(-c3cccc(CS(=O)(=O)c4cc(F)ccc4F)c3F)c(-c3ccnc(C)c3)s2)CC1. The minimum atomic E-state index is -4.36. The number of aromatic nitrogens is 2. The number of sulfone groups is 1. The van der Waals surface area contributed by atoms with Gasteiger partial charge in [-0.25, -0.2) is 26.6 Å². The summed E-state index contributed by atoms with van der Waals surface area (Å²) in [5.41, 5.74) is 2.12. The van der Waals surface area contributed by atoms with E-state index in [4.69, 9.17) is 4.98 Å². The molecule has 0 spiro atoms. The van der Waals surface area contributed by atoms with Gasteiger partial charge in [0.15, 0.2) is 9.84 Å². The third-order valence-electron chi connectivity index (χ3n) is 7.09. The predicted octanol–water partition coefficient (Wildman–Crippen LogP) is 6.77. The molecule has 0 N–H and O–H groups in total. The highest BCUT2D eigenvalue weighted by Crippen LogP contribution is 2.43. The number of pyridine rings is 1. The van der Waals surface area contributed by atoms with Crippen molar-refractivity contribution in [1.82, 2.24) is 14.9 Å². The molecule has 3 heterocycles. The first-order valence-electron chi connectivity index (χ1n) is 12.8. The Labute approximate surface area is 230 Å². The molecule has 1 aliphatic rings. The van der Waals surface area contributed by atoms with Crippen LogP contribution < -0.4 is 0 Å². The number of likely N-dealkylation sites (tertiary alicyclic amines) is 1. The summed E-state index contributed by atoms with van der Waals surface area (Å²) in [6.07, 6.45) is 3.60. The third-order valence-corrected chi connectivity index (χ3v) is 10.0. The van der Waals surface area contributed by atoms with Gasteiger partial charge in [-0.15, -0.1) is 11.3 Å². The number of halogens is 3. The lowest BCUT2D eigenvalue weighted by Gasteiger charge is -2.29. The quantitative estimate of drug-likeness (QED) is 0.245. The zero-order valence-electron chi connectivity index (χ0n) is 21.6. The second-order valence-electron chi connectivity index (χ2n) is 9.74. The molecule has 0 amide bonds. The minimum absolute atomic E-state index is 0.140. The Bertz CT molecular complexity index is 1610. The Morgan fingerprint density at radius 1 is 1.05 bits per heavy atom. The topological polar surface area (TPSA) is 63.2 Å². The van der Waals surface area contributed by atoms with E-state index in [1.165, 1.54) is 17.4 Å². The number of thiazole rings is 1. The van der Waals surface area contributed by atoms with Crippen LogP contribution in [0.1, 0.15) is 41.9 Å². The molecule has 0 aliphatic carbocycles. The van der Waals surface area contributed by atoms with E-state index in [1.54, 1.807) is 18.3 Å². The van der Waals surface area contributed by atoms with Crippen LogP contribution in [-0.2, 0) is 15.6 Å². The summed E-state index contributed by atoms with van der Waals surface area (Å²) >= 11 is 1.53. The molecule has 1 fully saturated rings. The van der Waals surface area contributed by atoms with E-state index in [1.807, 2.05) is 19.1 Å². The van der Waals surface area contributed by atoms with Crippen molar-refractivity contribution in [1.29, 1.82) is 0 Å². The number of hydrogen-bond donors (Lipinski definition) is 0. The number of benzene rings is 2. The van der Waals surface area contributed by atoms with Crippen LogP contribution in [0.3, 0.4) is 0 Å². The van der Waals surface area contributed by atoms with Crippen molar-refractivity contribution in [2.24, 2.45) is 0 Å². The molecule has 4 aromatic rings. The van der Waals surface area contributed by atoms with Crippen LogP contribution in [0.15, 0.2) is 59.6 Å². The molecule has 2 aromatic heterocycles. The molecule has 10 heteroatoms. The van der Waals surface area contributed by atoms with Crippen molar-refractivity contribution in [2.45, 2.75) is 43.3 Å². The Morgan fingerprint density at radius 2 is 1.82 bits per heavy atom. The van der Waals surface area contributed by atoms with Gasteiger partial charge in [0.2, 0.25) is 0 Å². The van der Waals surface area contributed by atoms with Crippen molar-refractivity contribution >= 4 is 21.2 Å². The normalized spacial score (nSPS) is 15.1. The van der Waals surface area contributed by atoms with Crippen molar-refractivity contribution in [3.8, 4) is 21.7 Å². The van der Waals surface area contributed by atoms with Crippen molar-refractivity contribution < 1.29 is 21.6 Å². The summed E-state index contributed by atoms with van der Waals surface area (Å²) < 4.78 is 69.9. The van der Waals surface area contributed by atoms with Crippen LogP contribution in [0.5, 0.6) is 0 Å². The fraction of sp³-hybridized carbons (Fsp3) is 0.310. The zero-order valence-corrected chi connectivity index (χ0v) is 23.3. The lowest BCUT2D eigenvalue weighted by Crippen LogP contribution is -2.32. The highest BCUT2D eigenvalue weighted by molar-refractivity contribution is 7.90. The molecule has 2 aromatic carbocycles. The van der Waals surface area contributed by atoms with Gasteiger partial charge in [0.25, 0.3) is 0 Å². The van der Waals surface area contributed by atoms with Crippen LogP contribution >= 0.6 is 11.3 Å². The van der Waals surface area contributed by atoms with Crippen LogP contribution in [0.4, 0.5) is 13.2 Å². The first-order chi connectivity index (χ1) is 18.7. The molecule has 204 valence electrons. The standard InChI is InChI=1S/C29H28F3N3O2S2/c1-3-35-13-10-19(11-14-35)29-34-27(28(38-29)20-9-12-33-18(2)15-20)23-6-4-5-21(26(23)32)17-39(36,37)25-16-22(30)7-8-24(25)31/h4-9,12,15-16,19H,3,10-11,13-14,17H2,1-2H3. The first-order valence-corrected chi connectivity index (χ1v) is 15.2. The molecule has 0 unspecified atom stereocenters. The van der Waals surface area contributed by atoms with Crippen LogP contribution in [-0.4, -0.2) is 42.9 Å². The van der Waals surface area contributed by atoms with E-state index in [2.05, 4.69) is 16.8 Å². The lowest BCUT2D eigenvalue weighted by molar-refractivity contribution is 0.222. The maximum Gasteiger partial charge on any atom is 0.185 e. The number of rotatable bonds is 7. The highest BCUT2D eigenvalue weighted by Gasteiger charge is 2.28. The van der Waals surface area contributed by atoms with Gasteiger partial charge in [-0.3, -0.25) is 4.98 Å². The number of nitrogens with zero attached hydrogens (tertiary/aromatic N) is 3. The number of piperidine rings is 1. The molecule has 5 nitrogen and oxygen atoms in total. The fourth-order valence-corrected chi connectivity index (χ4v) is 7.64. The van der Waals surface area contributed by atoms with E-state index < -0.39 is 37.9 Å². The molecule has 0 radical (unpaired) electrons. The molecule has 0 atom stereocenters. The Balaban J connectivity index is 1.57. The largest absolute Gasteiger partial charge is 0.304 e. The van der Waals surface area contributed by atoms with Gasteiger partial charge in [-0.2, -0.15) is 0 Å². The van der Waals surface area contributed by atoms with Gasteiger partial charge in [0.1, 0.15) is 22.3 Å². The molecule has 1 aliphatic heterocycles. The Kier molecular flexibility index (Phi) is 7.89. The molecule has 0 saturated carbocycles. The van der Waals surface area contributed by atoms with Gasteiger partial charge in [0.05, 0.1) is 21.3 Å². The number of aryl methyl sites for hydroxylation is 1. The van der Waals surface area contributed by atoms with Gasteiger partial charge in [-0.05, 0) is 81.4 Å². The van der Waals surface area contributed by atoms with E-state index in [0.29, 0.717) is 11.8 Å². The highest BCUT2D eigenvalue weighted by atomic mass is 32.2. The summed E-state index contributed by atoms with van der Waals surface area (Å²) in [7, 11) is -4.36. The second kappa shape index (κ2) is 11.2. The van der Waals surface area contributed by atoms with E-state index in [-0.39, 0.29) is 17.0 Å². The van der Waals surface area contributed by atoms with Crippen LogP contribution in [0.25, 0.3) is 21.7 Å². The second-order valence-corrected chi connectivity index (χ2v) is 12.7. The van der Waals surface area contributed by atoms with Gasteiger partial charge < -0.3 is 4.90 Å². The van der Waals surface area contributed by atoms with Gasteiger partial charge in [0, 0.05) is 28.9 Å². The lowest BCUT2D eigenvalue weighted by atomic mass is 9.97. The maximum atomic E-state index is 16.0. The molecular formula is C29H28F3N3O2S2. The summed E-state index contributed by atoms with van der Waals surface area (Å²) in [5.74, 6) is -3.29. The average Bonchev–Trinajstić information content (AvgIpc) is 3.36. The van der Waals surface area contributed by atoms with Crippen molar-refractivity contribution in [3.05, 3.63) is 88.4 Å². The van der Waals surface area contributed by atoms with Gasteiger partial charge in [-0.1, -0.05) is 19.1 Å². The van der Waals surface area contributed by atoms with E-state index in [9.17, 15) is 17.2 Å². The molecule has 1 saturated heterocycles. The van der Waals surface area contributed by atoms with E-state index >= 15 is 4.39 Å². The predicted molar refractivity (Wildman–Crippen MR) is 147 cm³/mol. The fourth-order valence-electron chi connectivity index (χ4n) is 4.94. The molecular weight excluding hydrogens is 543 g/mol. The minimum Gasteiger partial charge on any atom is -0.304 e.